The molecule has 0 bridgehead atoms. The average molecular weight is 408 g/mol. The molecule has 0 aliphatic carbocycles. The second-order valence-electron chi connectivity index (χ2n) is 7.17. The van der Waals surface area contributed by atoms with Crippen molar-refractivity contribution in [3.05, 3.63) is 36.2 Å². The molecule has 0 saturated carbocycles. The van der Waals surface area contributed by atoms with Gasteiger partial charge in [0.1, 0.15) is 11.6 Å². The molecule has 0 radical (unpaired) electrons. The number of pyridine rings is 1. The van der Waals surface area contributed by atoms with Gasteiger partial charge in [-0.1, -0.05) is 0 Å². The van der Waals surface area contributed by atoms with E-state index in [0.717, 1.165) is 38.1 Å². The van der Waals surface area contributed by atoms with Gasteiger partial charge >= 0.3 is 6.18 Å². The first-order chi connectivity index (χ1) is 14.0. The van der Waals surface area contributed by atoms with Gasteiger partial charge in [-0.2, -0.15) is 18.2 Å². The van der Waals surface area contributed by atoms with Crippen molar-refractivity contribution < 1.29 is 17.9 Å². The molecule has 1 atom stereocenters. The van der Waals surface area contributed by atoms with Crippen LogP contribution in [0.5, 0.6) is 0 Å². The number of piperidine rings is 1. The van der Waals surface area contributed by atoms with E-state index in [0.29, 0.717) is 43.9 Å². The van der Waals surface area contributed by atoms with E-state index in [-0.39, 0.29) is 6.04 Å². The molecule has 2 saturated heterocycles. The topological polar surface area (TPSA) is 66.4 Å². The van der Waals surface area contributed by atoms with Crippen LogP contribution in [0.25, 0.3) is 0 Å². The van der Waals surface area contributed by atoms with Gasteiger partial charge in [-0.05, 0) is 31.0 Å². The van der Waals surface area contributed by atoms with E-state index < -0.39 is 11.7 Å². The normalized spacial score (nSPS) is 20.6. The van der Waals surface area contributed by atoms with E-state index in [1.807, 2.05) is 11.0 Å². The molecule has 7 nitrogen and oxygen atoms in total. The zero-order valence-electron chi connectivity index (χ0n) is 15.9. The molecule has 2 aromatic heterocycles. The highest BCUT2D eigenvalue weighted by atomic mass is 19.4. The van der Waals surface area contributed by atoms with Gasteiger partial charge in [0.15, 0.2) is 0 Å². The Morgan fingerprint density at radius 1 is 1.03 bits per heavy atom. The zero-order chi connectivity index (χ0) is 20.3. The quantitative estimate of drug-likeness (QED) is 0.835. The van der Waals surface area contributed by atoms with E-state index in [4.69, 9.17) is 4.74 Å². The van der Waals surface area contributed by atoms with Crippen LogP contribution in [0.3, 0.4) is 0 Å². The Bertz CT molecular complexity index is 828. The van der Waals surface area contributed by atoms with Crippen LogP contribution in [0.1, 0.15) is 18.4 Å². The Morgan fingerprint density at radius 3 is 2.62 bits per heavy atom. The summed E-state index contributed by atoms with van der Waals surface area (Å²) in [5.74, 6) is 1.72. The lowest BCUT2D eigenvalue weighted by Crippen LogP contribution is -2.43. The van der Waals surface area contributed by atoms with E-state index in [1.54, 1.807) is 6.20 Å². The highest BCUT2D eigenvalue weighted by molar-refractivity contribution is 5.45. The third-order valence-corrected chi connectivity index (χ3v) is 5.11. The van der Waals surface area contributed by atoms with Gasteiger partial charge in [0.25, 0.3) is 0 Å². The van der Waals surface area contributed by atoms with Crippen molar-refractivity contribution in [2.75, 3.05) is 54.5 Å². The summed E-state index contributed by atoms with van der Waals surface area (Å²) >= 11 is 0. The minimum atomic E-state index is -4.37. The second kappa shape index (κ2) is 8.40. The lowest BCUT2D eigenvalue weighted by Gasteiger charge is -2.34. The van der Waals surface area contributed by atoms with Crippen LogP contribution < -0.4 is 15.1 Å². The molecule has 2 aliphatic heterocycles. The average Bonchev–Trinajstić information content (AvgIpc) is 2.74. The highest BCUT2D eigenvalue weighted by Gasteiger charge is 2.32. The van der Waals surface area contributed by atoms with Crippen LogP contribution in [-0.4, -0.2) is 60.4 Å². The number of rotatable bonds is 4. The summed E-state index contributed by atoms with van der Waals surface area (Å²) in [5.41, 5.74) is -0.677. The zero-order valence-corrected chi connectivity index (χ0v) is 15.9. The molecule has 2 aromatic rings. The fourth-order valence-corrected chi connectivity index (χ4v) is 3.62. The number of hydrogen-bond donors (Lipinski definition) is 1. The molecular formula is C19H23F3N6O. The third kappa shape index (κ3) is 4.87. The SMILES string of the molecule is FC(F)(F)c1ccnc(N2CCCC(Nc3ccnc(N4CCOCC4)n3)C2)c1. The number of hydrogen-bond acceptors (Lipinski definition) is 7. The molecule has 4 rings (SSSR count). The van der Waals surface area contributed by atoms with Crippen molar-refractivity contribution >= 4 is 17.6 Å². The predicted molar refractivity (Wildman–Crippen MR) is 103 cm³/mol. The van der Waals surface area contributed by atoms with Crippen LogP contribution >= 0.6 is 0 Å². The molecule has 1 N–H and O–H groups in total. The fraction of sp³-hybridized carbons (Fsp3) is 0.526. The van der Waals surface area contributed by atoms with E-state index in [9.17, 15) is 13.2 Å². The lowest BCUT2D eigenvalue weighted by molar-refractivity contribution is -0.137. The maximum atomic E-state index is 13.0. The van der Waals surface area contributed by atoms with E-state index in [2.05, 4.69) is 25.2 Å². The number of anilines is 3. The Morgan fingerprint density at radius 2 is 1.83 bits per heavy atom. The number of alkyl halides is 3. The Hall–Kier alpha value is -2.62. The van der Waals surface area contributed by atoms with Crippen molar-refractivity contribution in [1.29, 1.82) is 0 Å². The summed E-state index contributed by atoms with van der Waals surface area (Å²) in [6.45, 7) is 4.05. The van der Waals surface area contributed by atoms with Crippen molar-refractivity contribution in [3.8, 4) is 0 Å². The fourth-order valence-electron chi connectivity index (χ4n) is 3.62. The first-order valence-corrected chi connectivity index (χ1v) is 9.69. The van der Waals surface area contributed by atoms with Crippen LogP contribution in [-0.2, 0) is 10.9 Å². The van der Waals surface area contributed by atoms with E-state index >= 15 is 0 Å². The van der Waals surface area contributed by atoms with Crippen LogP contribution in [0.4, 0.5) is 30.8 Å². The predicted octanol–water partition coefficient (Wildman–Crippen LogP) is 2.81. The summed E-state index contributed by atoms with van der Waals surface area (Å²) in [6.07, 6.45) is 0.328. The molecule has 0 spiro atoms. The number of ether oxygens (including phenoxy) is 1. The van der Waals surface area contributed by atoms with Crippen LogP contribution in [0.2, 0.25) is 0 Å². The molecule has 0 aromatic carbocycles. The molecular weight excluding hydrogens is 385 g/mol. The Balaban J connectivity index is 1.43. The molecule has 2 fully saturated rings. The van der Waals surface area contributed by atoms with Gasteiger partial charge in [-0.3, -0.25) is 0 Å². The minimum absolute atomic E-state index is 0.0625. The standard InChI is InChI=1S/C19H23F3N6O/c20-19(21,22)14-3-5-23-17(12-14)28-7-1-2-15(13-28)25-16-4-6-24-18(26-16)27-8-10-29-11-9-27/h3-6,12,15H,1-2,7-11,13H2,(H,24,25,26). The van der Waals surface area contributed by atoms with Crippen molar-refractivity contribution in [2.24, 2.45) is 0 Å². The number of halogens is 3. The molecule has 156 valence electrons. The lowest BCUT2D eigenvalue weighted by atomic mass is 10.1. The van der Waals surface area contributed by atoms with E-state index in [1.165, 1.54) is 6.20 Å². The van der Waals surface area contributed by atoms with Gasteiger partial charge in [0.05, 0.1) is 18.8 Å². The summed E-state index contributed by atoms with van der Waals surface area (Å²) in [4.78, 5) is 17.1. The van der Waals surface area contributed by atoms with Gasteiger partial charge in [0, 0.05) is 44.6 Å². The smallest absolute Gasteiger partial charge is 0.378 e. The first kappa shape index (κ1) is 19.7. The van der Waals surface area contributed by atoms with Crippen LogP contribution in [0, 0.1) is 0 Å². The summed E-state index contributed by atoms with van der Waals surface area (Å²) < 4.78 is 44.4. The number of aromatic nitrogens is 3. The summed E-state index contributed by atoms with van der Waals surface area (Å²) in [6, 6.07) is 3.99. The number of morpholine rings is 1. The molecule has 1 unspecified atom stereocenters. The molecule has 4 heterocycles. The van der Waals surface area contributed by atoms with Crippen LogP contribution in [0.15, 0.2) is 30.6 Å². The van der Waals surface area contributed by atoms with Gasteiger partial charge in [-0.25, -0.2) is 9.97 Å². The number of nitrogens with one attached hydrogen (secondary N) is 1. The van der Waals surface area contributed by atoms with Gasteiger partial charge in [-0.15, -0.1) is 0 Å². The third-order valence-electron chi connectivity index (χ3n) is 5.11. The molecule has 29 heavy (non-hydrogen) atoms. The first-order valence-electron chi connectivity index (χ1n) is 9.69. The molecule has 10 heteroatoms. The minimum Gasteiger partial charge on any atom is -0.378 e. The Kier molecular flexibility index (Phi) is 5.70. The van der Waals surface area contributed by atoms with Gasteiger partial charge in [0.2, 0.25) is 5.95 Å². The van der Waals surface area contributed by atoms with Gasteiger partial charge < -0.3 is 19.9 Å². The molecule has 2 aliphatic rings. The molecule has 0 amide bonds. The summed E-state index contributed by atoms with van der Waals surface area (Å²) in [7, 11) is 0. The monoisotopic (exact) mass is 408 g/mol. The highest BCUT2D eigenvalue weighted by Crippen LogP contribution is 2.31. The number of nitrogens with zero attached hydrogens (tertiary/aromatic N) is 5. The maximum Gasteiger partial charge on any atom is 0.416 e. The van der Waals surface area contributed by atoms with Crippen molar-refractivity contribution in [3.63, 3.8) is 0 Å². The summed E-state index contributed by atoms with van der Waals surface area (Å²) in [5, 5.41) is 3.40. The van der Waals surface area contributed by atoms with Crippen molar-refractivity contribution in [1.82, 2.24) is 15.0 Å². The largest absolute Gasteiger partial charge is 0.416 e. The second-order valence-corrected chi connectivity index (χ2v) is 7.17. The Labute approximate surface area is 166 Å². The van der Waals surface area contributed by atoms with Crippen molar-refractivity contribution in [2.45, 2.75) is 25.1 Å². The maximum absolute atomic E-state index is 13.0.